The van der Waals surface area contributed by atoms with E-state index in [-0.39, 0.29) is 23.1 Å². The molecule has 0 amide bonds. The zero-order chi connectivity index (χ0) is 26.8. The van der Waals surface area contributed by atoms with Crippen molar-refractivity contribution in [1.29, 1.82) is 0 Å². The number of aryl methyl sites for hydroxylation is 1. The lowest BCUT2D eigenvalue weighted by Gasteiger charge is -2.30. The summed E-state index contributed by atoms with van der Waals surface area (Å²) >= 11 is 0. The molecule has 4 rings (SSSR count). The summed E-state index contributed by atoms with van der Waals surface area (Å²) in [6.07, 6.45) is -3.32. The van der Waals surface area contributed by atoms with Crippen LogP contribution in [-0.2, 0) is 22.8 Å². The van der Waals surface area contributed by atoms with Crippen LogP contribution in [0.5, 0.6) is 5.75 Å². The number of tetrazole rings is 1. The second kappa shape index (κ2) is 10.2. The Hall–Kier alpha value is -4.00. The molecule has 0 bridgehead atoms. The lowest BCUT2D eigenvalue weighted by atomic mass is 10.1. The number of aromatic amines is 1. The van der Waals surface area contributed by atoms with Crippen molar-refractivity contribution < 1.29 is 26.3 Å². The van der Waals surface area contributed by atoms with Gasteiger partial charge in [0.15, 0.2) is 5.03 Å². The number of rotatable bonds is 8. The van der Waals surface area contributed by atoms with E-state index in [1.165, 1.54) is 18.3 Å². The van der Waals surface area contributed by atoms with Gasteiger partial charge >= 0.3 is 6.18 Å². The first-order valence-corrected chi connectivity index (χ1v) is 12.6. The first kappa shape index (κ1) is 26.1. The van der Waals surface area contributed by atoms with Crippen molar-refractivity contribution >= 4 is 15.7 Å². The van der Waals surface area contributed by atoms with Crippen molar-refractivity contribution in [1.82, 2.24) is 25.6 Å². The SMILES string of the molecule is Cc1cc(-c2nn[nH]n2)ccc1COc1cc(C(F)(F)F)ccc1N(C(C)C)S(=O)(=O)c1ccccn1. The molecule has 1 N–H and O–H groups in total. The Morgan fingerprint density at radius 3 is 2.46 bits per heavy atom. The standard InChI is InChI=1S/C24H23F3N6O3S/c1-15(2)33(37(34,35)22-6-4-5-11-28-22)20-10-9-19(24(25,26)27)13-21(20)36-14-18-8-7-17(12-16(18)3)23-29-31-32-30-23/h4-13,15H,14H2,1-3H3,(H,29,30,31,32). The zero-order valence-corrected chi connectivity index (χ0v) is 20.9. The number of anilines is 1. The van der Waals surface area contributed by atoms with Gasteiger partial charge in [-0.15, -0.1) is 10.2 Å². The van der Waals surface area contributed by atoms with Crippen LogP contribution < -0.4 is 9.04 Å². The van der Waals surface area contributed by atoms with Crippen LogP contribution >= 0.6 is 0 Å². The van der Waals surface area contributed by atoms with E-state index >= 15 is 0 Å². The number of sulfonamides is 1. The molecule has 0 fully saturated rings. The summed E-state index contributed by atoms with van der Waals surface area (Å²) in [6, 6.07) is 11.8. The molecule has 13 heteroatoms. The fourth-order valence-corrected chi connectivity index (χ4v) is 5.32. The Morgan fingerprint density at radius 2 is 1.86 bits per heavy atom. The van der Waals surface area contributed by atoms with E-state index in [0.717, 1.165) is 28.1 Å². The molecule has 4 aromatic rings. The van der Waals surface area contributed by atoms with Crippen molar-refractivity contribution in [2.45, 2.75) is 44.6 Å². The quantitative estimate of drug-likeness (QED) is 0.348. The topological polar surface area (TPSA) is 114 Å². The highest BCUT2D eigenvalue weighted by atomic mass is 32.2. The van der Waals surface area contributed by atoms with Gasteiger partial charge in [-0.1, -0.05) is 18.2 Å². The second-order valence-electron chi connectivity index (χ2n) is 8.41. The minimum atomic E-state index is -4.65. The molecular formula is C24H23F3N6O3S. The van der Waals surface area contributed by atoms with Crippen molar-refractivity contribution in [2.24, 2.45) is 0 Å². The van der Waals surface area contributed by atoms with Crippen LogP contribution in [0.3, 0.4) is 0 Å². The lowest BCUT2D eigenvalue weighted by Crippen LogP contribution is -2.37. The Morgan fingerprint density at radius 1 is 1.08 bits per heavy atom. The zero-order valence-electron chi connectivity index (χ0n) is 20.1. The summed E-state index contributed by atoms with van der Waals surface area (Å²) in [7, 11) is -4.21. The van der Waals surface area contributed by atoms with Crippen molar-refractivity contribution in [3.05, 3.63) is 77.5 Å². The predicted octanol–water partition coefficient (Wildman–Crippen LogP) is 4.77. The van der Waals surface area contributed by atoms with Gasteiger partial charge in [0.25, 0.3) is 10.0 Å². The van der Waals surface area contributed by atoms with Gasteiger partial charge < -0.3 is 4.74 Å². The number of aromatic nitrogens is 5. The van der Waals surface area contributed by atoms with E-state index in [9.17, 15) is 21.6 Å². The molecule has 194 valence electrons. The van der Waals surface area contributed by atoms with Gasteiger partial charge in [-0.05, 0) is 73.5 Å². The smallest absolute Gasteiger partial charge is 0.416 e. The van der Waals surface area contributed by atoms with E-state index in [2.05, 4.69) is 25.6 Å². The summed E-state index contributed by atoms with van der Waals surface area (Å²) in [4.78, 5) is 3.93. The van der Waals surface area contributed by atoms with Gasteiger partial charge in [-0.3, -0.25) is 4.31 Å². The molecule has 0 spiro atoms. The van der Waals surface area contributed by atoms with Crippen LogP contribution in [0.1, 0.15) is 30.5 Å². The fourth-order valence-electron chi connectivity index (χ4n) is 3.71. The third kappa shape index (κ3) is 5.56. The molecule has 0 aliphatic carbocycles. The summed E-state index contributed by atoms with van der Waals surface area (Å²) in [5, 5.41) is 13.5. The number of H-pyrrole nitrogens is 1. The Balaban J connectivity index is 1.73. The minimum absolute atomic E-state index is 0.0327. The molecule has 9 nitrogen and oxygen atoms in total. The number of hydrogen-bond acceptors (Lipinski definition) is 7. The van der Waals surface area contributed by atoms with E-state index in [1.807, 2.05) is 0 Å². The number of alkyl halides is 3. The number of hydrogen-bond donors (Lipinski definition) is 1. The highest BCUT2D eigenvalue weighted by molar-refractivity contribution is 7.92. The molecule has 0 aliphatic rings. The first-order valence-electron chi connectivity index (χ1n) is 11.1. The molecule has 2 aromatic heterocycles. The first-order chi connectivity index (χ1) is 17.5. The van der Waals surface area contributed by atoms with E-state index in [4.69, 9.17) is 4.74 Å². The van der Waals surface area contributed by atoms with Crippen molar-refractivity contribution in [3.8, 4) is 17.1 Å². The summed E-state index contributed by atoms with van der Waals surface area (Å²) < 4.78 is 74.4. The highest BCUT2D eigenvalue weighted by Gasteiger charge is 2.35. The highest BCUT2D eigenvalue weighted by Crippen LogP contribution is 2.39. The van der Waals surface area contributed by atoms with E-state index < -0.39 is 27.8 Å². The summed E-state index contributed by atoms with van der Waals surface area (Å²) in [5.74, 6) is 0.160. The second-order valence-corrected chi connectivity index (χ2v) is 10.2. The van der Waals surface area contributed by atoms with Crippen LogP contribution in [0.25, 0.3) is 11.4 Å². The third-order valence-electron chi connectivity index (χ3n) is 5.48. The van der Waals surface area contributed by atoms with Gasteiger partial charge in [0.2, 0.25) is 5.82 Å². The van der Waals surface area contributed by atoms with Crippen LogP contribution in [0.15, 0.2) is 65.8 Å². The van der Waals surface area contributed by atoms with Gasteiger partial charge in [0.1, 0.15) is 12.4 Å². The number of ether oxygens (including phenoxy) is 1. The van der Waals surface area contributed by atoms with Crippen LogP contribution in [0.2, 0.25) is 0 Å². The number of nitrogens with one attached hydrogen (secondary N) is 1. The molecule has 2 aromatic carbocycles. The van der Waals surface area contributed by atoms with Crippen LogP contribution in [0.4, 0.5) is 18.9 Å². The molecular weight excluding hydrogens is 509 g/mol. The Labute approximate surface area is 211 Å². The number of halogens is 3. The largest absolute Gasteiger partial charge is 0.487 e. The maximum atomic E-state index is 13.5. The molecule has 0 atom stereocenters. The van der Waals surface area contributed by atoms with Crippen molar-refractivity contribution in [2.75, 3.05) is 4.31 Å². The number of nitrogens with zero attached hydrogens (tertiary/aromatic N) is 5. The number of benzene rings is 2. The maximum absolute atomic E-state index is 13.5. The van der Waals surface area contributed by atoms with Gasteiger partial charge in [-0.2, -0.15) is 26.8 Å². The maximum Gasteiger partial charge on any atom is 0.416 e. The molecule has 37 heavy (non-hydrogen) atoms. The average Bonchev–Trinajstić information content (AvgIpc) is 3.38. The monoisotopic (exact) mass is 532 g/mol. The average molecular weight is 533 g/mol. The van der Waals surface area contributed by atoms with Crippen LogP contribution in [0, 0.1) is 6.92 Å². The molecule has 0 saturated heterocycles. The van der Waals surface area contributed by atoms with Crippen molar-refractivity contribution in [3.63, 3.8) is 0 Å². The number of pyridine rings is 1. The molecule has 0 radical (unpaired) electrons. The predicted molar refractivity (Wildman–Crippen MR) is 129 cm³/mol. The summed E-state index contributed by atoms with van der Waals surface area (Å²) in [6.45, 7) is 4.93. The molecule has 0 aliphatic heterocycles. The van der Waals surface area contributed by atoms with Gasteiger partial charge in [-0.25, -0.2) is 4.98 Å². The van der Waals surface area contributed by atoms with Crippen LogP contribution in [-0.4, -0.2) is 40.1 Å². The molecule has 2 heterocycles. The Bertz CT molecular complexity index is 1480. The summed E-state index contributed by atoms with van der Waals surface area (Å²) in [5.41, 5.74) is 1.16. The fraction of sp³-hybridized carbons (Fsp3) is 0.250. The van der Waals surface area contributed by atoms with E-state index in [0.29, 0.717) is 17.0 Å². The molecule has 0 unspecified atom stereocenters. The minimum Gasteiger partial charge on any atom is -0.487 e. The third-order valence-corrected chi connectivity index (χ3v) is 7.39. The van der Waals surface area contributed by atoms with Gasteiger partial charge in [0.05, 0.1) is 11.3 Å². The van der Waals surface area contributed by atoms with E-state index in [1.54, 1.807) is 45.0 Å². The molecule has 0 saturated carbocycles. The van der Waals surface area contributed by atoms with Gasteiger partial charge in [0, 0.05) is 17.8 Å². The normalized spacial score (nSPS) is 12.1. The lowest BCUT2D eigenvalue weighted by molar-refractivity contribution is -0.137. The Kier molecular flexibility index (Phi) is 7.16.